The molecule has 3 rings (SSSR count). The summed E-state index contributed by atoms with van der Waals surface area (Å²) < 4.78 is 31.7. The molecule has 1 saturated heterocycles. The molecule has 130 valence electrons. The standard InChI is InChI=1S/C16H20F2N4O2/c1-3-10-8-19-12-11(10)13(21-9-20-12)22-6-4-16(5-7-22,14(17)18)15(23)24-2/h8-9,14H,3-7H2,1-2H3,(H,19,20,21). The molecule has 6 nitrogen and oxygen atoms in total. The quantitative estimate of drug-likeness (QED) is 0.868. The van der Waals surface area contributed by atoms with Crippen molar-refractivity contribution in [3.05, 3.63) is 18.1 Å². The van der Waals surface area contributed by atoms with Crippen molar-refractivity contribution in [3.8, 4) is 0 Å². The molecule has 24 heavy (non-hydrogen) atoms. The minimum Gasteiger partial charge on any atom is -0.468 e. The smallest absolute Gasteiger partial charge is 0.317 e. The van der Waals surface area contributed by atoms with Crippen molar-refractivity contribution in [1.29, 1.82) is 0 Å². The molecule has 1 aliphatic rings. The summed E-state index contributed by atoms with van der Waals surface area (Å²) in [5.74, 6) is -0.105. The number of H-pyrrole nitrogens is 1. The fourth-order valence-electron chi connectivity index (χ4n) is 3.36. The molecule has 2 aromatic heterocycles. The number of aryl methyl sites for hydroxylation is 1. The van der Waals surface area contributed by atoms with Crippen LogP contribution in [0.4, 0.5) is 14.6 Å². The molecule has 1 aliphatic heterocycles. The number of hydrogen-bond donors (Lipinski definition) is 1. The molecule has 0 atom stereocenters. The van der Waals surface area contributed by atoms with Crippen LogP contribution in [0.5, 0.6) is 0 Å². The van der Waals surface area contributed by atoms with E-state index < -0.39 is 17.8 Å². The summed E-state index contributed by atoms with van der Waals surface area (Å²) in [5.41, 5.74) is 0.0955. The van der Waals surface area contributed by atoms with Crippen molar-refractivity contribution in [2.24, 2.45) is 5.41 Å². The van der Waals surface area contributed by atoms with Gasteiger partial charge in [0.2, 0.25) is 0 Å². The number of alkyl halides is 2. The number of anilines is 1. The summed E-state index contributed by atoms with van der Waals surface area (Å²) in [6.07, 6.45) is 1.50. The summed E-state index contributed by atoms with van der Waals surface area (Å²) in [7, 11) is 1.15. The van der Waals surface area contributed by atoms with E-state index in [2.05, 4.69) is 19.7 Å². The first kappa shape index (κ1) is 16.6. The fourth-order valence-corrected chi connectivity index (χ4v) is 3.36. The number of carbonyl (C=O) groups is 1. The third kappa shape index (κ3) is 2.50. The third-order valence-electron chi connectivity index (χ3n) is 4.88. The number of esters is 1. The zero-order valence-electron chi connectivity index (χ0n) is 13.7. The number of ether oxygens (including phenoxy) is 1. The van der Waals surface area contributed by atoms with E-state index in [-0.39, 0.29) is 12.8 Å². The Morgan fingerprint density at radius 2 is 2.12 bits per heavy atom. The zero-order valence-corrected chi connectivity index (χ0v) is 13.7. The molecule has 1 N–H and O–H groups in total. The van der Waals surface area contributed by atoms with Crippen molar-refractivity contribution in [1.82, 2.24) is 15.0 Å². The van der Waals surface area contributed by atoms with E-state index in [1.54, 1.807) is 0 Å². The number of rotatable bonds is 4. The lowest BCUT2D eigenvalue weighted by molar-refractivity contribution is -0.165. The number of halogens is 2. The molecule has 0 radical (unpaired) electrons. The molecule has 0 spiro atoms. The number of aromatic amines is 1. The van der Waals surface area contributed by atoms with Crippen LogP contribution in [0.15, 0.2) is 12.5 Å². The number of nitrogens with one attached hydrogen (secondary N) is 1. The Kier molecular flexibility index (Phi) is 4.38. The number of aromatic nitrogens is 3. The van der Waals surface area contributed by atoms with Crippen LogP contribution in [0.2, 0.25) is 0 Å². The summed E-state index contributed by atoms with van der Waals surface area (Å²) in [5, 5.41) is 0.919. The van der Waals surface area contributed by atoms with E-state index in [0.717, 1.165) is 35.9 Å². The van der Waals surface area contributed by atoms with Crippen molar-refractivity contribution in [2.75, 3.05) is 25.1 Å². The number of carbonyl (C=O) groups excluding carboxylic acids is 1. The Hall–Kier alpha value is -2.25. The average Bonchev–Trinajstić information content (AvgIpc) is 3.04. The van der Waals surface area contributed by atoms with Crippen LogP contribution in [0, 0.1) is 5.41 Å². The summed E-state index contributed by atoms with van der Waals surface area (Å²) >= 11 is 0. The molecule has 0 aliphatic carbocycles. The third-order valence-corrected chi connectivity index (χ3v) is 4.88. The molecule has 0 unspecified atom stereocenters. The highest BCUT2D eigenvalue weighted by molar-refractivity contribution is 5.91. The molecule has 0 bridgehead atoms. The highest BCUT2D eigenvalue weighted by Crippen LogP contribution is 2.40. The van der Waals surface area contributed by atoms with E-state index in [4.69, 9.17) is 0 Å². The maximum atomic E-state index is 13.5. The molecular weight excluding hydrogens is 318 g/mol. The van der Waals surface area contributed by atoms with Gasteiger partial charge < -0.3 is 14.6 Å². The Bertz CT molecular complexity index is 739. The average molecular weight is 338 g/mol. The predicted octanol–water partition coefficient (Wildman–Crippen LogP) is 2.55. The largest absolute Gasteiger partial charge is 0.468 e. The van der Waals surface area contributed by atoms with Crippen molar-refractivity contribution in [3.63, 3.8) is 0 Å². The highest BCUT2D eigenvalue weighted by Gasteiger charge is 2.50. The lowest BCUT2D eigenvalue weighted by Gasteiger charge is -2.39. The molecule has 2 aromatic rings. The van der Waals surface area contributed by atoms with Crippen molar-refractivity contribution in [2.45, 2.75) is 32.6 Å². The van der Waals surface area contributed by atoms with Crippen molar-refractivity contribution >= 4 is 22.8 Å². The van der Waals surface area contributed by atoms with Gasteiger partial charge in [0.25, 0.3) is 6.43 Å². The van der Waals surface area contributed by atoms with Crippen LogP contribution >= 0.6 is 0 Å². The topological polar surface area (TPSA) is 71.1 Å². The number of fused-ring (bicyclic) bond motifs is 1. The van der Waals surface area contributed by atoms with Crippen molar-refractivity contribution < 1.29 is 18.3 Å². The first-order valence-corrected chi connectivity index (χ1v) is 7.96. The second-order valence-electron chi connectivity index (χ2n) is 6.02. The number of nitrogens with zero attached hydrogens (tertiary/aromatic N) is 3. The Morgan fingerprint density at radius 1 is 1.42 bits per heavy atom. The summed E-state index contributed by atoms with van der Waals surface area (Å²) in [6, 6.07) is 0. The van der Waals surface area contributed by atoms with Crippen LogP contribution in [0.25, 0.3) is 11.0 Å². The second kappa shape index (κ2) is 6.33. The highest BCUT2D eigenvalue weighted by atomic mass is 19.3. The predicted molar refractivity (Wildman–Crippen MR) is 85.2 cm³/mol. The van der Waals surface area contributed by atoms with E-state index in [0.29, 0.717) is 13.1 Å². The monoisotopic (exact) mass is 338 g/mol. The van der Waals surface area contributed by atoms with Crippen LogP contribution in [-0.4, -0.2) is 47.5 Å². The van der Waals surface area contributed by atoms with Crippen LogP contribution in [0.3, 0.4) is 0 Å². The maximum absolute atomic E-state index is 13.5. The molecular formula is C16H20F2N4O2. The van der Waals surface area contributed by atoms with E-state index in [1.165, 1.54) is 6.33 Å². The van der Waals surface area contributed by atoms with E-state index in [9.17, 15) is 13.6 Å². The van der Waals surface area contributed by atoms with Gasteiger partial charge in [-0.15, -0.1) is 0 Å². The van der Waals surface area contributed by atoms with Gasteiger partial charge >= 0.3 is 5.97 Å². The molecule has 3 heterocycles. The molecule has 0 saturated carbocycles. The zero-order chi connectivity index (χ0) is 17.3. The van der Waals surface area contributed by atoms with Gasteiger partial charge in [0, 0.05) is 19.3 Å². The van der Waals surface area contributed by atoms with Crippen LogP contribution in [0.1, 0.15) is 25.3 Å². The van der Waals surface area contributed by atoms with Gasteiger partial charge in [-0.2, -0.15) is 0 Å². The molecule has 8 heteroatoms. The first-order chi connectivity index (χ1) is 11.5. The van der Waals surface area contributed by atoms with E-state index >= 15 is 0 Å². The Labute approximate surface area is 138 Å². The van der Waals surface area contributed by atoms with Gasteiger partial charge in [0.1, 0.15) is 23.2 Å². The second-order valence-corrected chi connectivity index (χ2v) is 6.02. The van der Waals surface area contributed by atoms with E-state index in [1.807, 2.05) is 18.0 Å². The number of hydrogen-bond acceptors (Lipinski definition) is 5. The van der Waals surface area contributed by atoms with Gasteiger partial charge in [-0.3, -0.25) is 4.79 Å². The fraction of sp³-hybridized carbons (Fsp3) is 0.562. The molecule has 0 aromatic carbocycles. The van der Waals surface area contributed by atoms with Gasteiger partial charge in [-0.1, -0.05) is 6.92 Å². The minimum absolute atomic E-state index is 0.0364. The first-order valence-electron chi connectivity index (χ1n) is 7.96. The van der Waals surface area contributed by atoms with Gasteiger partial charge in [-0.25, -0.2) is 18.7 Å². The minimum atomic E-state index is -2.74. The molecule has 0 amide bonds. The van der Waals surface area contributed by atoms with Gasteiger partial charge in [-0.05, 0) is 24.8 Å². The Balaban J connectivity index is 1.90. The Morgan fingerprint density at radius 3 is 2.71 bits per heavy atom. The normalized spacial score (nSPS) is 17.5. The maximum Gasteiger partial charge on any atom is 0.317 e. The number of methoxy groups -OCH3 is 1. The van der Waals surface area contributed by atoms with Crippen LogP contribution < -0.4 is 4.90 Å². The lowest BCUT2D eigenvalue weighted by Crippen LogP contribution is -2.49. The van der Waals surface area contributed by atoms with Crippen LogP contribution in [-0.2, 0) is 16.0 Å². The molecule has 1 fully saturated rings. The number of piperidine rings is 1. The van der Waals surface area contributed by atoms with Gasteiger partial charge in [0.15, 0.2) is 0 Å². The summed E-state index contributed by atoms with van der Waals surface area (Å²) in [4.78, 5) is 25.5. The van der Waals surface area contributed by atoms with Gasteiger partial charge in [0.05, 0.1) is 12.5 Å². The summed E-state index contributed by atoms with van der Waals surface area (Å²) in [6.45, 7) is 2.68. The lowest BCUT2D eigenvalue weighted by atomic mass is 9.78. The SMILES string of the molecule is CCc1c[nH]c2ncnc(N3CCC(C(=O)OC)(C(F)F)CC3)c12.